The van der Waals surface area contributed by atoms with E-state index in [0.717, 1.165) is 12.8 Å². The van der Waals surface area contributed by atoms with Crippen molar-refractivity contribution >= 4 is 17.0 Å². The highest BCUT2D eigenvalue weighted by Crippen LogP contribution is 2.19. The second-order valence-corrected chi connectivity index (χ2v) is 2.11. The Labute approximate surface area is 59.2 Å². The van der Waals surface area contributed by atoms with E-state index >= 15 is 0 Å². The number of alkyl halides is 1. The van der Waals surface area contributed by atoms with Crippen LogP contribution >= 0.6 is 17.0 Å². The van der Waals surface area contributed by atoms with Gasteiger partial charge in [-0.05, 0) is 19.3 Å². The molecule has 1 aliphatic rings. The van der Waals surface area contributed by atoms with Crippen LogP contribution in [0.25, 0.3) is 0 Å². The normalized spacial score (nSPS) is 36.8. The van der Waals surface area contributed by atoms with Gasteiger partial charge in [-0.15, -0.1) is 17.0 Å². The molecular formula is C5H11BrFN. The molecule has 2 atom stereocenters. The van der Waals surface area contributed by atoms with Gasteiger partial charge in [0.1, 0.15) is 6.17 Å². The molecule has 1 fully saturated rings. The summed E-state index contributed by atoms with van der Waals surface area (Å²) in [5.41, 5.74) is 5.30. The number of nitrogens with two attached hydrogens (primary N) is 1. The molecule has 0 aromatic heterocycles. The van der Waals surface area contributed by atoms with Crippen molar-refractivity contribution in [3.63, 3.8) is 0 Å². The maximum absolute atomic E-state index is 12.2. The second-order valence-electron chi connectivity index (χ2n) is 2.11. The van der Waals surface area contributed by atoms with Crippen LogP contribution in [0, 0.1) is 0 Å². The summed E-state index contributed by atoms with van der Waals surface area (Å²) in [6.07, 6.45) is 1.82. The average molecular weight is 184 g/mol. The number of rotatable bonds is 0. The van der Waals surface area contributed by atoms with Gasteiger partial charge < -0.3 is 5.73 Å². The van der Waals surface area contributed by atoms with Crippen LogP contribution in [0.15, 0.2) is 0 Å². The lowest BCUT2D eigenvalue weighted by Crippen LogP contribution is -2.24. The highest BCUT2D eigenvalue weighted by atomic mass is 79.9. The van der Waals surface area contributed by atoms with Crippen molar-refractivity contribution in [1.29, 1.82) is 0 Å². The van der Waals surface area contributed by atoms with Crippen molar-refractivity contribution < 1.29 is 4.39 Å². The zero-order valence-electron chi connectivity index (χ0n) is 4.64. The number of hydrogen-bond donors (Lipinski definition) is 1. The summed E-state index contributed by atoms with van der Waals surface area (Å²) in [4.78, 5) is 0. The van der Waals surface area contributed by atoms with Crippen LogP contribution in [0.2, 0.25) is 0 Å². The van der Waals surface area contributed by atoms with Crippen molar-refractivity contribution in [1.82, 2.24) is 0 Å². The summed E-state index contributed by atoms with van der Waals surface area (Å²) >= 11 is 0. The summed E-state index contributed by atoms with van der Waals surface area (Å²) in [5, 5.41) is 0. The van der Waals surface area contributed by atoms with E-state index in [0.29, 0.717) is 6.42 Å². The molecular weight excluding hydrogens is 173 g/mol. The Morgan fingerprint density at radius 1 is 1.38 bits per heavy atom. The maximum Gasteiger partial charge on any atom is 0.115 e. The summed E-state index contributed by atoms with van der Waals surface area (Å²) in [6.45, 7) is 0. The Morgan fingerprint density at radius 3 is 2.12 bits per heavy atom. The zero-order chi connectivity index (χ0) is 5.28. The Hall–Kier alpha value is 0.370. The molecule has 8 heavy (non-hydrogen) atoms. The summed E-state index contributed by atoms with van der Waals surface area (Å²) in [5.74, 6) is 0. The Kier molecular flexibility index (Phi) is 3.56. The second kappa shape index (κ2) is 3.41. The van der Waals surface area contributed by atoms with E-state index in [2.05, 4.69) is 0 Å². The lowest BCUT2D eigenvalue weighted by atomic mass is 10.2. The molecule has 0 radical (unpaired) electrons. The van der Waals surface area contributed by atoms with Crippen LogP contribution in [0.3, 0.4) is 0 Å². The molecule has 0 aromatic carbocycles. The Balaban J connectivity index is 0.000000490. The number of halogens is 2. The molecule has 1 rings (SSSR count). The molecule has 0 heterocycles. The van der Waals surface area contributed by atoms with E-state index in [4.69, 9.17) is 5.73 Å². The summed E-state index contributed by atoms with van der Waals surface area (Å²) < 4.78 is 12.2. The lowest BCUT2D eigenvalue weighted by Gasteiger charge is -2.01. The standard InChI is InChI=1S/C5H10FN.BrH/c6-4-2-1-3-5(4)7;/h4-5H,1-3,7H2;1H/t4-,5-;/m1./s1. The first kappa shape index (κ1) is 8.37. The zero-order valence-corrected chi connectivity index (χ0v) is 6.35. The molecule has 2 N–H and O–H groups in total. The highest BCUT2D eigenvalue weighted by Gasteiger charge is 2.22. The van der Waals surface area contributed by atoms with Gasteiger partial charge in [-0.25, -0.2) is 4.39 Å². The third-order valence-corrected chi connectivity index (χ3v) is 1.48. The van der Waals surface area contributed by atoms with E-state index in [1.165, 1.54) is 0 Å². The number of hydrogen-bond acceptors (Lipinski definition) is 1. The molecule has 50 valence electrons. The third kappa shape index (κ3) is 1.71. The van der Waals surface area contributed by atoms with Gasteiger partial charge in [0.05, 0.1) is 0 Å². The van der Waals surface area contributed by atoms with Gasteiger partial charge in [0.2, 0.25) is 0 Å². The topological polar surface area (TPSA) is 26.0 Å². The van der Waals surface area contributed by atoms with Gasteiger partial charge in [0.15, 0.2) is 0 Å². The van der Waals surface area contributed by atoms with Gasteiger partial charge in [0, 0.05) is 6.04 Å². The fourth-order valence-electron chi connectivity index (χ4n) is 0.943. The molecule has 0 unspecified atom stereocenters. The fraction of sp³-hybridized carbons (Fsp3) is 1.00. The molecule has 0 aliphatic heterocycles. The molecule has 1 aliphatic carbocycles. The van der Waals surface area contributed by atoms with Crippen LogP contribution in [0.4, 0.5) is 4.39 Å². The highest BCUT2D eigenvalue weighted by molar-refractivity contribution is 8.93. The van der Waals surface area contributed by atoms with Gasteiger partial charge >= 0.3 is 0 Å². The molecule has 0 spiro atoms. The van der Waals surface area contributed by atoms with Gasteiger partial charge in [0.25, 0.3) is 0 Å². The van der Waals surface area contributed by atoms with Crippen LogP contribution in [0.5, 0.6) is 0 Å². The molecule has 0 amide bonds. The van der Waals surface area contributed by atoms with Gasteiger partial charge in [-0.3, -0.25) is 0 Å². The SMILES string of the molecule is Br.N[C@@H]1CCC[C@H]1F. The quantitative estimate of drug-likeness (QED) is 0.605. The maximum atomic E-state index is 12.2. The molecule has 0 saturated heterocycles. The first-order chi connectivity index (χ1) is 3.30. The van der Waals surface area contributed by atoms with Gasteiger partial charge in [-0.2, -0.15) is 0 Å². The molecule has 1 nitrogen and oxygen atoms in total. The Bertz CT molecular complexity index is 61.4. The molecule has 1 saturated carbocycles. The predicted octanol–water partition coefficient (Wildman–Crippen LogP) is 1.41. The van der Waals surface area contributed by atoms with Crippen molar-refractivity contribution in [2.24, 2.45) is 5.73 Å². The average Bonchev–Trinajstić information content (AvgIpc) is 1.91. The summed E-state index contributed by atoms with van der Waals surface area (Å²) in [7, 11) is 0. The van der Waals surface area contributed by atoms with E-state index in [1.54, 1.807) is 0 Å². The van der Waals surface area contributed by atoms with Crippen molar-refractivity contribution in [3.05, 3.63) is 0 Å². The first-order valence-corrected chi connectivity index (χ1v) is 2.70. The van der Waals surface area contributed by atoms with E-state index in [9.17, 15) is 4.39 Å². The Morgan fingerprint density at radius 2 is 2.00 bits per heavy atom. The van der Waals surface area contributed by atoms with E-state index < -0.39 is 6.17 Å². The summed E-state index contributed by atoms with van der Waals surface area (Å²) in [6, 6.07) is -0.153. The first-order valence-electron chi connectivity index (χ1n) is 2.70. The van der Waals surface area contributed by atoms with Crippen molar-refractivity contribution in [2.75, 3.05) is 0 Å². The lowest BCUT2D eigenvalue weighted by molar-refractivity contribution is 0.312. The fourth-order valence-corrected chi connectivity index (χ4v) is 0.943. The molecule has 3 heteroatoms. The van der Waals surface area contributed by atoms with E-state index in [1.807, 2.05) is 0 Å². The van der Waals surface area contributed by atoms with Crippen LogP contribution < -0.4 is 5.73 Å². The van der Waals surface area contributed by atoms with E-state index in [-0.39, 0.29) is 23.0 Å². The van der Waals surface area contributed by atoms with Crippen LogP contribution in [-0.2, 0) is 0 Å². The molecule has 0 aromatic rings. The third-order valence-electron chi connectivity index (χ3n) is 1.48. The van der Waals surface area contributed by atoms with Crippen LogP contribution in [-0.4, -0.2) is 12.2 Å². The minimum atomic E-state index is -0.708. The smallest absolute Gasteiger partial charge is 0.115 e. The minimum Gasteiger partial charge on any atom is -0.325 e. The molecule has 0 bridgehead atoms. The minimum absolute atomic E-state index is 0. The van der Waals surface area contributed by atoms with Crippen molar-refractivity contribution in [3.8, 4) is 0 Å². The predicted molar refractivity (Wildman–Crippen MR) is 37.0 cm³/mol. The van der Waals surface area contributed by atoms with Crippen molar-refractivity contribution in [2.45, 2.75) is 31.5 Å². The van der Waals surface area contributed by atoms with Crippen LogP contribution in [0.1, 0.15) is 19.3 Å². The largest absolute Gasteiger partial charge is 0.325 e. The van der Waals surface area contributed by atoms with Gasteiger partial charge in [-0.1, -0.05) is 0 Å². The monoisotopic (exact) mass is 183 g/mol.